The van der Waals surface area contributed by atoms with Gasteiger partial charge < -0.3 is 17.2 Å². The van der Waals surface area contributed by atoms with Crippen molar-refractivity contribution < 1.29 is 5.73 Å². The summed E-state index contributed by atoms with van der Waals surface area (Å²) in [6.45, 7) is 0. The number of hydrogen-bond acceptors (Lipinski definition) is 2. The Bertz CT molecular complexity index is 300. The predicted molar refractivity (Wildman–Crippen MR) is 45.7 cm³/mol. The summed E-state index contributed by atoms with van der Waals surface area (Å²) in [6.07, 6.45) is 5.16. The average Bonchev–Trinajstić information content (AvgIpc) is 1.99. The lowest BCUT2D eigenvalue weighted by Crippen LogP contribution is -2.42. The first kappa shape index (κ1) is 7.45. The quantitative estimate of drug-likeness (QED) is 0.349. The molecule has 0 heterocycles. The van der Waals surface area contributed by atoms with Crippen LogP contribution in [0.5, 0.6) is 0 Å². The number of quaternary nitrogens is 1. The van der Waals surface area contributed by atoms with Crippen molar-refractivity contribution in [3.63, 3.8) is 0 Å². The van der Waals surface area contributed by atoms with Crippen molar-refractivity contribution in [1.82, 2.24) is 0 Å². The van der Waals surface area contributed by atoms with E-state index in [1.807, 2.05) is 0 Å². The van der Waals surface area contributed by atoms with E-state index in [2.05, 4.69) is 11.7 Å². The van der Waals surface area contributed by atoms with Gasteiger partial charge in [0.25, 0.3) is 0 Å². The molecule has 1 rings (SSSR count). The van der Waals surface area contributed by atoms with Crippen LogP contribution in [-0.2, 0) is 0 Å². The average molecular weight is 148 g/mol. The van der Waals surface area contributed by atoms with Crippen molar-refractivity contribution in [2.45, 2.75) is 0 Å². The molecule has 56 valence electrons. The van der Waals surface area contributed by atoms with Gasteiger partial charge in [0.05, 0.1) is 11.4 Å². The molecule has 0 fully saturated rings. The molecule has 0 saturated carbocycles. The van der Waals surface area contributed by atoms with Gasteiger partial charge in [-0.1, -0.05) is 5.92 Å². The number of nitrogens with two attached hydrogens (primary N) is 2. The number of hydrogen-bond donors (Lipinski definition) is 3. The third kappa shape index (κ3) is 1.26. The Morgan fingerprint density at radius 3 is 2.09 bits per heavy atom. The zero-order valence-electron chi connectivity index (χ0n) is 6.09. The van der Waals surface area contributed by atoms with E-state index in [4.69, 9.17) is 17.9 Å². The summed E-state index contributed by atoms with van der Waals surface area (Å²) in [5.41, 5.74) is 17.2. The second-order valence-electron chi connectivity index (χ2n) is 2.28. The predicted octanol–water partition coefficient (Wildman–Crippen LogP) is -0.294. The fraction of sp³-hybridized carbons (Fsp3) is 0. The van der Waals surface area contributed by atoms with Gasteiger partial charge >= 0.3 is 0 Å². The summed E-state index contributed by atoms with van der Waals surface area (Å²) < 4.78 is 0. The minimum atomic E-state index is 0.540. The summed E-state index contributed by atoms with van der Waals surface area (Å²) >= 11 is 0. The second kappa shape index (κ2) is 2.52. The van der Waals surface area contributed by atoms with Crippen molar-refractivity contribution in [1.29, 1.82) is 0 Å². The second-order valence-corrected chi connectivity index (χ2v) is 2.28. The van der Waals surface area contributed by atoms with E-state index in [1.165, 1.54) is 0 Å². The summed E-state index contributed by atoms with van der Waals surface area (Å²) in [4.78, 5) is 0. The molecular weight excluding hydrogens is 138 g/mol. The number of anilines is 2. The van der Waals surface area contributed by atoms with Gasteiger partial charge in [0.15, 0.2) is 5.69 Å². The normalized spacial score (nSPS) is 9.09. The van der Waals surface area contributed by atoms with Crippen molar-refractivity contribution in [2.24, 2.45) is 0 Å². The third-order valence-corrected chi connectivity index (χ3v) is 1.49. The van der Waals surface area contributed by atoms with Gasteiger partial charge in [0, 0.05) is 5.56 Å². The molecule has 3 heteroatoms. The lowest BCUT2D eigenvalue weighted by atomic mass is 10.1. The maximum absolute atomic E-state index is 5.56. The molecule has 0 radical (unpaired) electrons. The van der Waals surface area contributed by atoms with Gasteiger partial charge in [0.1, 0.15) is 0 Å². The van der Waals surface area contributed by atoms with Gasteiger partial charge in [-0.05, 0) is 12.1 Å². The van der Waals surface area contributed by atoms with Crippen LogP contribution in [0.2, 0.25) is 0 Å². The molecule has 0 bridgehead atoms. The summed E-state index contributed by atoms with van der Waals surface area (Å²) in [5.74, 6) is 2.45. The van der Waals surface area contributed by atoms with Gasteiger partial charge in [-0.25, -0.2) is 0 Å². The number of rotatable bonds is 0. The summed E-state index contributed by atoms with van der Waals surface area (Å²) in [7, 11) is 0. The van der Waals surface area contributed by atoms with Crippen LogP contribution in [-0.4, -0.2) is 0 Å². The lowest BCUT2D eigenvalue weighted by Gasteiger charge is -2.00. The maximum atomic E-state index is 5.56. The molecule has 7 N–H and O–H groups in total. The van der Waals surface area contributed by atoms with Crippen molar-refractivity contribution in [3.05, 3.63) is 17.7 Å². The van der Waals surface area contributed by atoms with Crippen LogP contribution in [0, 0.1) is 12.3 Å². The Kier molecular flexibility index (Phi) is 1.71. The fourth-order valence-corrected chi connectivity index (χ4v) is 0.801. The maximum Gasteiger partial charge on any atom is 0.174 e. The van der Waals surface area contributed by atoms with Gasteiger partial charge in [0.2, 0.25) is 0 Å². The highest BCUT2D eigenvalue weighted by Gasteiger charge is 2.03. The summed E-state index contributed by atoms with van der Waals surface area (Å²) in [6, 6.07) is 3.36. The Labute approximate surface area is 65.2 Å². The molecule has 0 aliphatic rings. The van der Waals surface area contributed by atoms with Gasteiger partial charge in [-0.3, -0.25) is 0 Å². The van der Waals surface area contributed by atoms with E-state index in [0.717, 1.165) is 0 Å². The molecule has 0 saturated heterocycles. The number of nitrogen functional groups attached to an aromatic ring is 2. The first-order valence-corrected chi connectivity index (χ1v) is 3.12. The SMILES string of the molecule is C#Cc1cc(N)c([NH3+])c(N)c1. The zero-order chi connectivity index (χ0) is 8.43. The Morgan fingerprint density at radius 1 is 1.27 bits per heavy atom. The molecule has 3 nitrogen and oxygen atoms in total. The molecule has 1 aromatic carbocycles. The highest BCUT2D eigenvalue weighted by Crippen LogP contribution is 2.21. The molecule has 0 amide bonds. The highest BCUT2D eigenvalue weighted by atomic mass is 14.7. The van der Waals surface area contributed by atoms with E-state index in [-0.39, 0.29) is 0 Å². The Hall–Kier alpha value is -1.66. The van der Waals surface area contributed by atoms with Crippen LogP contribution in [0.3, 0.4) is 0 Å². The smallest absolute Gasteiger partial charge is 0.174 e. The van der Waals surface area contributed by atoms with Crippen LogP contribution in [0.25, 0.3) is 0 Å². The summed E-state index contributed by atoms with van der Waals surface area (Å²) in [5, 5.41) is 0. The topological polar surface area (TPSA) is 79.7 Å². The van der Waals surface area contributed by atoms with Crippen LogP contribution >= 0.6 is 0 Å². The molecule has 0 aliphatic carbocycles. The molecule has 0 spiro atoms. The highest BCUT2D eigenvalue weighted by molar-refractivity contribution is 5.74. The van der Waals surface area contributed by atoms with Crippen LogP contribution in [0.1, 0.15) is 5.56 Å². The first-order chi connectivity index (χ1) is 5.15. The van der Waals surface area contributed by atoms with E-state index < -0.39 is 0 Å². The van der Waals surface area contributed by atoms with Crippen molar-refractivity contribution in [2.75, 3.05) is 11.5 Å². The van der Waals surface area contributed by atoms with Crippen LogP contribution in [0.4, 0.5) is 17.1 Å². The molecule has 11 heavy (non-hydrogen) atoms. The van der Waals surface area contributed by atoms with Crippen LogP contribution < -0.4 is 17.2 Å². The van der Waals surface area contributed by atoms with Gasteiger partial charge in [-0.2, -0.15) is 0 Å². The number of benzene rings is 1. The first-order valence-electron chi connectivity index (χ1n) is 3.12. The van der Waals surface area contributed by atoms with Crippen molar-refractivity contribution >= 4 is 17.1 Å². The van der Waals surface area contributed by atoms with E-state index in [9.17, 15) is 0 Å². The molecule has 0 atom stereocenters. The number of terminal acetylenes is 1. The van der Waals surface area contributed by atoms with Crippen molar-refractivity contribution in [3.8, 4) is 12.3 Å². The molecule has 0 aromatic heterocycles. The molecule has 0 aliphatic heterocycles. The Balaban J connectivity index is 3.35. The molecule has 1 aromatic rings. The lowest BCUT2D eigenvalue weighted by molar-refractivity contribution is -0.252. The molecular formula is C8H10N3+. The largest absolute Gasteiger partial charge is 0.394 e. The molecule has 0 unspecified atom stereocenters. The minimum absolute atomic E-state index is 0.540. The fourth-order valence-electron chi connectivity index (χ4n) is 0.801. The van der Waals surface area contributed by atoms with E-state index in [1.54, 1.807) is 12.1 Å². The zero-order valence-corrected chi connectivity index (χ0v) is 6.09. The van der Waals surface area contributed by atoms with E-state index in [0.29, 0.717) is 22.6 Å². The van der Waals surface area contributed by atoms with Gasteiger partial charge in [-0.15, -0.1) is 6.42 Å². The Morgan fingerprint density at radius 2 is 1.73 bits per heavy atom. The van der Waals surface area contributed by atoms with Crippen LogP contribution in [0.15, 0.2) is 12.1 Å². The minimum Gasteiger partial charge on any atom is -0.394 e. The van der Waals surface area contributed by atoms with E-state index >= 15 is 0 Å². The third-order valence-electron chi connectivity index (χ3n) is 1.49. The standard InChI is InChI=1S/C8H9N3/c1-2-5-3-6(9)8(11)7(10)4-5/h1,3-4H,9-11H2/p+1. The monoisotopic (exact) mass is 148 g/mol.